The van der Waals surface area contributed by atoms with E-state index in [2.05, 4.69) is 0 Å². The number of fused-ring (bicyclic) bond motifs is 3. The van der Waals surface area contributed by atoms with Gasteiger partial charge >= 0.3 is 5.97 Å². The van der Waals surface area contributed by atoms with Crippen molar-refractivity contribution in [1.29, 1.82) is 0 Å². The number of amides is 1. The van der Waals surface area contributed by atoms with Gasteiger partial charge in [-0.1, -0.05) is 6.07 Å². The molecule has 1 aromatic rings. The van der Waals surface area contributed by atoms with E-state index in [4.69, 9.17) is 10.5 Å². The monoisotopic (exact) mass is 553 g/mol. The molecule has 0 radical (unpaired) electrons. The first kappa shape index (κ1) is 29.0. The lowest BCUT2D eigenvalue weighted by molar-refractivity contribution is -0.138. The molecule has 3 aliphatic rings. The molecule has 0 aromatic heterocycles. The van der Waals surface area contributed by atoms with Gasteiger partial charge in [0, 0.05) is 18.2 Å². The first-order chi connectivity index (χ1) is 18.8. The molecular weight excluding hydrogens is 518 g/mol. The van der Waals surface area contributed by atoms with Gasteiger partial charge in [0.2, 0.25) is 0 Å². The number of Topliss-reactive ketones (excluding diaryl/α,β-unsaturated/α-hetero) is 2. The highest BCUT2D eigenvalue weighted by molar-refractivity contribution is 6.28. The summed E-state index contributed by atoms with van der Waals surface area (Å²) in [6.45, 7) is 1.04. The lowest BCUT2D eigenvalue weighted by Gasteiger charge is -2.46. The average molecular weight is 554 g/mol. The Bertz CT molecular complexity index is 1360. The topological polar surface area (TPSA) is 171 Å². The highest BCUT2D eigenvalue weighted by atomic mass is 16.5. The van der Waals surface area contributed by atoms with Crippen molar-refractivity contribution < 1.29 is 39.2 Å². The van der Waals surface area contributed by atoms with E-state index in [9.17, 15) is 34.5 Å². The Morgan fingerprint density at radius 3 is 2.42 bits per heavy atom. The summed E-state index contributed by atoms with van der Waals surface area (Å²) in [6, 6.07) is 2.15. The number of ether oxygens (including phenoxy) is 1. The third kappa shape index (κ3) is 5.14. The third-order valence-electron chi connectivity index (χ3n) is 7.88. The SMILES string of the molecule is CN(C)CCCOC(=O)/C=C/c1ccc(O)c2c1C[C@H]1C[C@@H]3C(C(=O)C(C(N)=O)=C(O)[C@H]3N(C)C)C(=O)C1=C2O. The molecule has 0 spiro atoms. The van der Waals surface area contributed by atoms with Crippen molar-refractivity contribution in [3.05, 3.63) is 51.8 Å². The largest absolute Gasteiger partial charge is 0.510 e. The summed E-state index contributed by atoms with van der Waals surface area (Å²) in [5.74, 6) is -6.86. The summed E-state index contributed by atoms with van der Waals surface area (Å²) < 4.78 is 5.24. The number of esters is 1. The second-order valence-electron chi connectivity index (χ2n) is 11.0. The third-order valence-corrected chi connectivity index (χ3v) is 7.88. The first-order valence-electron chi connectivity index (χ1n) is 13.1. The number of phenols is 1. The minimum Gasteiger partial charge on any atom is -0.510 e. The number of allylic oxidation sites excluding steroid dienone is 1. The van der Waals surface area contributed by atoms with Crippen LogP contribution >= 0.6 is 0 Å². The molecule has 0 bridgehead atoms. The maximum absolute atomic E-state index is 13.8. The molecule has 5 N–H and O–H groups in total. The van der Waals surface area contributed by atoms with Crippen LogP contribution in [-0.4, -0.2) is 95.9 Å². The van der Waals surface area contributed by atoms with Crippen molar-refractivity contribution in [3.63, 3.8) is 0 Å². The zero-order valence-corrected chi connectivity index (χ0v) is 23.0. The molecule has 0 aliphatic heterocycles. The molecule has 11 heteroatoms. The van der Waals surface area contributed by atoms with Crippen molar-refractivity contribution in [1.82, 2.24) is 9.80 Å². The number of nitrogens with zero attached hydrogens (tertiary/aromatic N) is 2. The number of ketones is 2. The van der Waals surface area contributed by atoms with Crippen molar-refractivity contribution in [2.24, 2.45) is 23.5 Å². The number of primary amides is 1. The van der Waals surface area contributed by atoms with Gasteiger partial charge in [-0.2, -0.15) is 0 Å². The second kappa shape index (κ2) is 11.3. The van der Waals surface area contributed by atoms with Crippen LogP contribution in [0.15, 0.2) is 35.1 Å². The summed E-state index contributed by atoms with van der Waals surface area (Å²) in [6.07, 6.45) is 3.97. The minimum atomic E-state index is -1.31. The number of hydrogen-bond acceptors (Lipinski definition) is 10. The van der Waals surface area contributed by atoms with E-state index in [-0.39, 0.29) is 36.3 Å². The van der Waals surface area contributed by atoms with Gasteiger partial charge in [0.1, 0.15) is 22.8 Å². The molecule has 0 heterocycles. The molecular formula is C29H35N3O8. The van der Waals surface area contributed by atoms with Gasteiger partial charge in [0.05, 0.1) is 24.1 Å². The first-order valence-corrected chi connectivity index (χ1v) is 13.1. The van der Waals surface area contributed by atoms with Crippen LogP contribution < -0.4 is 5.73 Å². The van der Waals surface area contributed by atoms with E-state index in [0.717, 1.165) is 6.54 Å². The average Bonchev–Trinajstić information content (AvgIpc) is 2.85. The number of phenolic OH excluding ortho intramolecular Hbond substituents is 1. The highest BCUT2D eigenvalue weighted by Crippen LogP contribution is 2.50. The zero-order chi connectivity index (χ0) is 29.5. The Morgan fingerprint density at radius 2 is 1.80 bits per heavy atom. The highest BCUT2D eigenvalue weighted by Gasteiger charge is 2.55. The van der Waals surface area contributed by atoms with Crippen molar-refractivity contribution in [2.45, 2.75) is 25.3 Å². The van der Waals surface area contributed by atoms with Crippen LogP contribution in [0, 0.1) is 17.8 Å². The predicted octanol–water partition coefficient (Wildman–Crippen LogP) is 1.36. The van der Waals surface area contributed by atoms with Gasteiger partial charge in [-0.25, -0.2) is 4.79 Å². The molecule has 1 fully saturated rings. The van der Waals surface area contributed by atoms with Crippen molar-refractivity contribution in [3.8, 4) is 5.75 Å². The Kier molecular flexibility index (Phi) is 8.18. The molecule has 11 nitrogen and oxygen atoms in total. The lowest BCUT2D eigenvalue weighted by atomic mass is 9.59. The van der Waals surface area contributed by atoms with Gasteiger partial charge in [0.15, 0.2) is 11.6 Å². The van der Waals surface area contributed by atoms with Crippen LogP contribution in [0.4, 0.5) is 0 Å². The van der Waals surface area contributed by atoms with E-state index in [1.165, 1.54) is 12.1 Å². The Balaban J connectivity index is 1.70. The fourth-order valence-electron chi connectivity index (χ4n) is 6.21. The van der Waals surface area contributed by atoms with Crippen LogP contribution in [-0.2, 0) is 30.3 Å². The molecule has 1 saturated carbocycles. The summed E-state index contributed by atoms with van der Waals surface area (Å²) in [7, 11) is 7.18. The van der Waals surface area contributed by atoms with Crippen LogP contribution in [0.3, 0.4) is 0 Å². The zero-order valence-electron chi connectivity index (χ0n) is 23.0. The number of rotatable bonds is 8. The van der Waals surface area contributed by atoms with Crippen LogP contribution in [0.5, 0.6) is 5.75 Å². The molecule has 4 rings (SSSR count). The Labute approximate surface area is 232 Å². The molecule has 1 aromatic carbocycles. The number of aliphatic hydroxyl groups is 2. The maximum Gasteiger partial charge on any atom is 0.330 e. The van der Waals surface area contributed by atoms with Crippen LogP contribution in [0.1, 0.15) is 29.5 Å². The van der Waals surface area contributed by atoms with E-state index < -0.39 is 64.3 Å². The van der Waals surface area contributed by atoms with Gasteiger partial charge in [0.25, 0.3) is 5.91 Å². The van der Waals surface area contributed by atoms with E-state index in [1.807, 2.05) is 19.0 Å². The maximum atomic E-state index is 13.8. The molecule has 0 saturated heterocycles. The Hall–Kier alpha value is -3.96. The quantitative estimate of drug-likeness (QED) is 0.121. The molecule has 4 atom stereocenters. The molecule has 1 unspecified atom stereocenters. The number of aromatic hydroxyl groups is 1. The van der Waals surface area contributed by atoms with Crippen molar-refractivity contribution in [2.75, 3.05) is 41.3 Å². The lowest BCUT2D eigenvalue weighted by Crippen LogP contribution is -2.55. The normalized spacial score (nSPS) is 24.4. The van der Waals surface area contributed by atoms with Crippen LogP contribution in [0.25, 0.3) is 11.8 Å². The molecule has 214 valence electrons. The van der Waals surface area contributed by atoms with Gasteiger partial charge in [-0.05, 0) is 82.6 Å². The number of carbonyl (C=O) groups excluding carboxylic acids is 4. The molecule has 40 heavy (non-hydrogen) atoms. The number of hydrogen-bond donors (Lipinski definition) is 4. The second-order valence-corrected chi connectivity index (χ2v) is 11.0. The summed E-state index contributed by atoms with van der Waals surface area (Å²) >= 11 is 0. The van der Waals surface area contributed by atoms with Crippen LogP contribution in [0.2, 0.25) is 0 Å². The number of carbonyl (C=O) groups is 4. The number of nitrogens with two attached hydrogens (primary N) is 1. The minimum absolute atomic E-state index is 0.00143. The fourth-order valence-corrected chi connectivity index (χ4v) is 6.21. The molecule has 3 aliphatic carbocycles. The van der Waals surface area contributed by atoms with Crippen molar-refractivity contribution >= 4 is 35.3 Å². The standard InChI is InChI=1S/C29H35N3O8/c1-31(2)10-5-11-40-19(34)9-7-14-6-8-18(33)21-16(14)12-15-13-17-22(26(36)20(15)25(21)35)27(37)23(29(30)39)28(38)24(17)32(3)4/h6-9,15,17,22,24,33,35,38H,5,10-13H2,1-4H3,(H2,30,39)/b9-7+/t15-,17+,22?,24-/m0/s1. The van der Waals surface area contributed by atoms with E-state index in [0.29, 0.717) is 17.5 Å². The molecule has 1 amide bonds. The fraction of sp³-hybridized carbons (Fsp3) is 0.448. The number of likely N-dealkylation sites (N-methyl/N-ethyl adjacent to an activating group) is 1. The van der Waals surface area contributed by atoms with Gasteiger partial charge in [-0.3, -0.25) is 19.3 Å². The van der Waals surface area contributed by atoms with Gasteiger partial charge in [-0.15, -0.1) is 0 Å². The summed E-state index contributed by atoms with van der Waals surface area (Å²) in [4.78, 5) is 54.9. The predicted molar refractivity (Wildman–Crippen MR) is 146 cm³/mol. The number of benzene rings is 1. The number of aliphatic hydroxyl groups excluding tert-OH is 2. The Morgan fingerprint density at radius 1 is 1.10 bits per heavy atom. The van der Waals surface area contributed by atoms with E-state index >= 15 is 0 Å². The summed E-state index contributed by atoms with van der Waals surface area (Å²) in [5, 5.41) is 32.8. The summed E-state index contributed by atoms with van der Waals surface area (Å²) in [5.41, 5.74) is 5.94. The van der Waals surface area contributed by atoms with E-state index in [1.54, 1.807) is 31.1 Å². The van der Waals surface area contributed by atoms with Gasteiger partial charge < -0.3 is 30.7 Å². The smallest absolute Gasteiger partial charge is 0.330 e.